The lowest BCUT2D eigenvalue weighted by atomic mass is 10.2. The van der Waals surface area contributed by atoms with Crippen LogP contribution in [0.25, 0.3) is 0 Å². The maximum atomic E-state index is 11.9. The summed E-state index contributed by atoms with van der Waals surface area (Å²) in [7, 11) is 3.42. The Kier molecular flexibility index (Phi) is 6.56. The van der Waals surface area contributed by atoms with Crippen LogP contribution in [0.1, 0.15) is 30.1 Å². The van der Waals surface area contributed by atoms with Gasteiger partial charge in [0, 0.05) is 31.9 Å². The summed E-state index contributed by atoms with van der Waals surface area (Å²) in [5.74, 6) is -0.0937. The third kappa shape index (κ3) is 5.30. The average molecular weight is 277 g/mol. The fourth-order valence-electron chi connectivity index (χ4n) is 1.59. The monoisotopic (exact) mass is 277 g/mol. The molecule has 2 N–H and O–H groups in total. The van der Waals surface area contributed by atoms with Gasteiger partial charge < -0.3 is 15.5 Å². The lowest BCUT2D eigenvalue weighted by molar-refractivity contribution is -0.126. The molecule has 0 aliphatic heterocycles. The van der Waals surface area contributed by atoms with Gasteiger partial charge in [0.05, 0.1) is 6.54 Å². The normalized spacial score (nSPS) is 9.95. The van der Waals surface area contributed by atoms with Crippen molar-refractivity contribution < 1.29 is 9.59 Å². The second kappa shape index (κ2) is 8.19. The smallest absolute Gasteiger partial charge is 0.251 e. The van der Waals surface area contributed by atoms with Gasteiger partial charge in [-0.3, -0.25) is 9.59 Å². The highest BCUT2D eigenvalue weighted by Gasteiger charge is 2.07. The van der Waals surface area contributed by atoms with Crippen LogP contribution in [0.2, 0.25) is 0 Å². The second-order valence-electron chi connectivity index (χ2n) is 4.83. The molecule has 1 rings (SSSR count). The Morgan fingerprint density at radius 3 is 2.65 bits per heavy atom. The largest absolute Gasteiger partial charge is 0.376 e. The quantitative estimate of drug-likeness (QED) is 0.746. The van der Waals surface area contributed by atoms with E-state index in [1.807, 2.05) is 6.07 Å². The van der Waals surface area contributed by atoms with E-state index in [0.29, 0.717) is 12.1 Å². The summed E-state index contributed by atoms with van der Waals surface area (Å²) in [4.78, 5) is 24.9. The zero-order chi connectivity index (χ0) is 15.0. The number of carbonyl (C=O) groups excluding carboxylic acids is 2. The van der Waals surface area contributed by atoms with Gasteiger partial charge in [0.2, 0.25) is 5.91 Å². The predicted molar refractivity (Wildman–Crippen MR) is 80.9 cm³/mol. The highest BCUT2D eigenvalue weighted by Crippen LogP contribution is 2.10. The minimum absolute atomic E-state index is 0.0113. The number of hydrogen-bond donors (Lipinski definition) is 2. The summed E-state index contributed by atoms with van der Waals surface area (Å²) in [5.41, 5.74) is 1.37. The summed E-state index contributed by atoms with van der Waals surface area (Å²) < 4.78 is 0. The van der Waals surface area contributed by atoms with Gasteiger partial charge >= 0.3 is 0 Å². The van der Waals surface area contributed by atoms with Crippen LogP contribution >= 0.6 is 0 Å². The topological polar surface area (TPSA) is 61.4 Å². The molecule has 0 radical (unpaired) electrons. The Labute approximate surface area is 120 Å². The van der Waals surface area contributed by atoms with Crippen molar-refractivity contribution in [2.24, 2.45) is 0 Å². The average Bonchev–Trinajstić information content (AvgIpc) is 2.45. The molecule has 0 heterocycles. The summed E-state index contributed by atoms with van der Waals surface area (Å²) in [5, 5.41) is 5.89. The molecule has 0 aliphatic carbocycles. The van der Waals surface area contributed by atoms with Crippen LogP contribution in [0.3, 0.4) is 0 Å². The van der Waals surface area contributed by atoms with Gasteiger partial charge in [-0.15, -0.1) is 0 Å². The predicted octanol–water partition coefficient (Wildman–Crippen LogP) is 1.72. The molecule has 0 aliphatic rings. The number of amides is 2. The highest BCUT2D eigenvalue weighted by molar-refractivity contribution is 5.95. The van der Waals surface area contributed by atoms with Gasteiger partial charge in [0.25, 0.3) is 5.91 Å². The maximum Gasteiger partial charge on any atom is 0.251 e. The summed E-state index contributed by atoms with van der Waals surface area (Å²) in [6.07, 6.45) is 2.02. The number of nitrogens with zero attached hydrogens (tertiary/aromatic N) is 1. The number of likely N-dealkylation sites (N-methyl/N-ethyl adjacent to an activating group) is 1. The molecule has 0 aromatic heterocycles. The first kappa shape index (κ1) is 16.0. The van der Waals surface area contributed by atoms with Crippen molar-refractivity contribution >= 4 is 17.5 Å². The van der Waals surface area contributed by atoms with Crippen molar-refractivity contribution in [2.75, 3.05) is 32.5 Å². The van der Waals surface area contributed by atoms with Crippen molar-refractivity contribution in [1.29, 1.82) is 0 Å². The number of anilines is 1. The first-order valence-electron chi connectivity index (χ1n) is 6.87. The Balaban J connectivity index is 2.57. The minimum atomic E-state index is -0.0824. The van der Waals surface area contributed by atoms with Crippen LogP contribution in [0.15, 0.2) is 24.3 Å². The van der Waals surface area contributed by atoms with Crippen molar-refractivity contribution in [1.82, 2.24) is 10.2 Å². The van der Waals surface area contributed by atoms with E-state index < -0.39 is 0 Å². The van der Waals surface area contributed by atoms with E-state index in [9.17, 15) is 9.59 Å². The summed E-state index contributed by atoms with van der Waals surface area (Å²) >= 11 is 0. The van der Waals surface area contributed by atoms with Crippen molar-refractivity contribution in [3.8, 4) is 0 Å². The Morgan fingerprint density at radius 2 is 2.00 bits per heavy atom. The molecule has 5 nitrogen and oxygen atoms in total. The number of benzene rings is 1. The molecule has 0 saturated heterocycles. The van der Waals surface area contributed by atoms with E-state index in [-0.39, 0.29) is 18.4 Å². The number of unbranched alkanes of at least 4 members (excludes halogenated alkanes) is 1. The standard InChI is InChI=1S/C15H23N3O2/c1-4-5-9-16-15(20)12-7-6-8-13(10-12)17-11-14(19)18(2)3/h6-8,10,17H,4-5,9,11H2,1-3H3,(H,16,20). The number of rotatable bonds is 7. The van der Waals surface area contributed by atoms with Gasteiger partial charge in [-0.1, -0.05) is 19.4 Å². The zero-order valence-electron chi connectivity index (χ0n) is 12.4. The van der Waals surface area contributed by atoms with Crippen LogP contribution in [0.4, 0.5) is 5.69 Å². The van der Waals surface area contributed by atoms with E-state index in [0.717, 1.165) is 18.5 Å². The molecule has 0 fully saturated rings. The zero-order valence-corrected chi connectivity index (χ0v) is 12.4. The molecular formula is C15H23N3O2. The first-order valence-corrected chi connectivity index (χ1v) is 6.87. The minimum Gasteiger partial charge on any atom is -0.376 e. The van der Waals surface area contributed by atoms with E-state index >= 15 is 0 Å². The molecule has 0 unspecified atom stereocenters. The molecule has 5 heteroatoms. The maximum absolute atomic E-state index is 11.9. The number of hydrogen-bond acceptors (Lipinski definition) is 3. The molecule has 1 aromatic rings. The molecule has 0 atom stereocenters. The second-order valence-corrected chi connectivity index (χ2v) is 4.83. The van der Waals surface area contributed by atoms with Crippen molar-refractivity contribution in [3.05, 3.63) is 29.8 Å². The van der Waals surface area contributed by atoms with E-state index in [4.69, 9.17) is 0 Å². The van der Waals surface area contributed by atoms with Crippen molar-refractivity contribution in [2.45, 2.75) is 19.8 Å². The Morgan fingerprint density at radius 1 is 1.25 bits per heavy atom. The molecule has 110 valence electrons. The molecular weight excluding hydrogens is 254 g/mol. The molecule has 0 bridgehead atoms. The third-order valence-electron chi connectivity index (χ3n) is 2.88. The first-order chi connectivity index (χ1) is 9.54. The molecule has 2 amide bonds. The fraction of sp³-hybridized carbons (Fsp3) is 0.467. The van der Waals surface area contributed by atoms with E-state index in [1.54, 1.807) is 32.3 Å². The SMILES string of the molecule is CCCCNC(=O)c1cccc(NCC(=O)N(C)C)c1. The number of nitrogens with one attached hydrogen (secondary N) is 2. The van der Waals surface area contributed by atoms with Crippen LogP contribution in [0, 0.1) is 0 Å². The molecule has 0 saturated carbocycles. The van der Waals surface area contributed by atoms with Crippen LogP contribution in [-0.4, -0.2) is 43.9 Å². The molecule has 20 heavy (non-hydrogen) atoms. The van der Waals surface area contributed by atoms with Crippen LogP contribution < -0.4 is 10.6 Å². The van der Waals surface area contributed by atoms with Crippen molar-refractivity contribution in [3.63, 3.8) is 0 Å². The lowest BCUT2D eigenvalue weighted by Gasteiger charge is -2.12. The van der Waals surface area contributed by atoms with Crippen LogP contribution in [0.5, 0.6) is 0 Å². The van der Waals surface area contributed by atoms with Gasteiger partial charge in [0.15, 0.2) is 0 Å². The number of carbonyl (C=O) groups is 2. The van der Waals surface area contributed by atoms with Gasteiger partial charge in [-0.05, 0) is 24.6 Å². The lowest BCUT2D eigenvalue weighted by Crippen LogP contribution is -2.28. The highest BCUT2D eigenvalue weighted by atomic mass is 16.2. The molecule has 1 aromatic carbocycles. The van der Waals surface area contributed by atoms with Gasteiger partial charge in [-0.25, -0.2) is 0 Å². The van der Waals surface area contributed by atoms with Gasteiger partial charge in [0.1, 0.15) is 0 Å². The van der Waals surface area contributed by atoms with E-state index in [2.05, 4.69) is 17.6 Å². The summed E-state index contributed by atoms with van der Waals surface area (Å²) in [6.45, 7) is 2.98. The van der Waals surface area contributed by atoms with Gasteiger partial charge in [-0.2, -0.15) is 0 Å². The Bertz CT molecular complexity index is 458. The van der Waals surface area contributed by atoms with Crippen LogP contribution in [-0.2, 0) is 4.79 Å². The Hall–Kier alpha value is -2.04. The summed E-state index contributed by atoms with van der Waals surface area (Å²) in [6, 6.07) is 7.16. The third-order valence-corrected chi connectivity index (χ3v) is 2.88. The van der Waals surface area contributed by atoms with E-state index in [1.165, 1.54) is 4.90 Å². The fourth-order valence-corrected chi connectivity index (χ4v) is 1.59. The molecule has 0 spiro atoms.